The van der Waals surface area contributed by atoms with E-state index < -0.39 is 0 Å². The van der Waals surface area contributed by atoms with E-state index in [1.165, 1.54) is 11.1 Å². The summed E-state index contributed by atoms with van der Waals surface area (Å²) >= 11 is 5.98. The van der Waals surface area contributed by atoms with Crippen LogP contribution in [-0.2, 0) is 6.42 Å². The molecule has 55 valence electrons. The highest BCUT2D eigenvalue weighted by molar-refractivity contribution is 6.31. The molecule has 0 amide bonds. The molecule has 1 aliphatic carbocycles. The van der Waals surface area contributed by atoms with Crippen LogP contribution >= 0.6 is 11.6 Å². The minimum Gasteiger partial charge on any atom is -0.0840 e. The third kappa shape index (κ3) is 1.19. The third-order valence-electron chi connectivity index (χ3n) is 1.88. The normalized spacial score (nSPS) is 14.6. The molecule has 0 fully saturated rings. The average molecular weight is 164 g/mol. The van der Waals surface area contributed by atoms with Gasteiger partial charge in [-0.2, -0.15) is 0 Å². The number of halogens is 1. The van der Waals surface area contributed by atoms with Crippen molar-refractivity contribution in [2.45, 2.75) is 6.42 Å². The van der Waals surface area contributed by atoms with E-state index in [1.807, 2.05) is 18.2 Å². The summed E-state index contributed by atoms with van der Waals surface area (Å²) in [6.07, 6.45) is 7.25. The molecule has 0 N–H and O–H groups in total. The fourth-order valence-corrected chi connectivity index (χ4v) is 1.56. The largest absolute Gasteiger partial charge is 0.0840 e. The molecule has 0 nitrogen and oxygen atoms in total. The Morgan fingerprint density at radius 1 is 1.27 bits per heavy atom. The highest BCUT2D eigenvalue weighted by Crippen LogP contribution is 2.25. The number of hydrogen-bond acceptors (Lipinski definition) is 0. The maximum Gasteiger partial charge on any atom is 0.0447 e. The summed E-state index contributed by atoms with van der Waals surface area (Å²) in [6, 6.07) is 6.03. The molecule has 0 aliphatic heterocycles. The van der Waals surface area contributed by atoms with Gasteiger partial charge in [-0.15, -0.1) is 0 Å². The topological polar surface area (TPSA) is 0 Å². The van der Waals surface area contributed by atoms with Crippen LogP contribution < -0.4 is 0 Å². The summed E-state index contributed by atoms with van der Waals surface area (Å²) in [4.78, 5) is 0. The van der Waals surface area contributed by atoms with Crippen molar-refractivity contribution >= 4 is 11.6 Å². The quantitative estimate of drug-likeness (QED) is 0.552. The highest BCUT2D eigenvalue weighted by atomic mass is 35.5. The van der Waals surface area contributed by atoms with Crippen molar-refractivity contribution in [3.05, 3.63) is 52.9 Å². The van der Waals surface area contributed by atoms with Crippen molar-refractivity contribution in [2.75, 3.05) is 0 Å². The second kappa shape index (κ2) is 2.71. The van der Waals surface area contributed by atoms with E-state index in [9.17, 15) is 0 Å². The molecular weight excluding hydrogens is 156 g/mol. The van der Waals surface area contributed by atoms with Crippen LogP contribution in [0.2, 0.25) is 5.02 Å². The molecule has 0 bridgehead atoms. The Labute approximate surface area is 71.5 Å². The van der Waals surface area contributed by atoms with Crippen molar-refractivity contribution < 1.29 is 0 Å². The van der Waals surface area contributed by atoms with Gasteiger partial charge in [-0.25, -0.2) is 0 Å². The van der Waals surface area contributed by atoms with Crippen molar-refractivity contribution in [1.82, 2.24) is 0 Å². The summed E-state index contributed by atoms with van der Waals surface area (Å²) in [6.45, 7) is 0. The summed E-state index contributed by atoms with van der Waals surface area (Å²) in [5.41, 5.74) is 2.50. The second-order valence-electron chi connectivity index (χ2n) is 2.61. The fraction of sp³-hybridized carbons (Fsp3) is 0.100. The predicted molar refractivity (Wildman–Crippen MR) is 47.7 cm³/mol. The molecule has 2 rings (SSSR count). The van der Waals surface area contributed by atoms with Crippen LogP contribution in [0.5, 0.6) is 0 Å². The van der Waals surface area contributed by atoms with E-state index in [1.54, 1.807) is 0 Å². The summed E-state index contributed by atoms with van der Waals surface area (Å²) in [7, 11) is 0. The zero-order valence-corrected chi connectivity index (χ0v) is 6.81. The molecule has 1 aromatic carbocycles. The molecular formula is C10H8Cl. The Kier molecular flexibility index (Phi) is 1.71. The van der Waals surface area contributed by atoms with Gasteiger partial charge in [-0.05, 0) is 23.6 Å². The van der Waals surface area contributed by atoms with Crippen LogP contribution in [0.15, 0.2) is 30.4 Å². The van der Waals surface area contributed by atoms with E-state index in [4.69, 9.17) is 11.6 Å². The Bertz CT molecular complexity index is 300. The zero-order chi connectivity index (χ0) is 7.68. The van der Waals surface area contributed by atoms with Crippen molar-refractivity contribution in [1.29, 1.82) is 0 Å². The predicted octanol–water partition coefficient (Wildman–Crippen LogP) is 3.00. The summed E-state index contributed by atoms with van der Waals surface area (Å²) in [5, 5.41) is 0.854. The van der Waals surface area contributed by atoms with E-state index in [0.717, 1.165) is 11.4 Å². The van der Waals surface area contributed by atoms with Gasteiger partial charge in [-0.1, -0.05) is 35.9 Å². The van der Waals surface area contributed by atoms with Gasteiger partial charge in [0.05, 0.1) is 0 Å². The highest BCUT2D eigenvalue weighted by Gasteiger charge is 2.06. The number of rotatable bonds is 0. The molecule has 0 saturated heterocycles. The minimum atomic E-state index is 0.854. The van der Waals surface area contributed by atoms with Crippen LogP contribution in [0, 0.1) is 6.42 Å². The Balaban J connectivity index is 2.54. The second-order valence-corrected chi connectivity index (χ2v) is 3.02. The molecule has 11 heavy (non-hydrogen) atoms. The van der Waals surface area contributed by atoms with Gasteiger partial charge >= 0.3 is 0 Å². The molecule has 1 radical (unpaired) electrons. The standard InChI is InChI=1S/C10H8Cl/c11-10-7-3-5-8-4-1-2-6-9(8)10/h1-3,5-7H,4H2. The van der Waals surface area contributed by atoms with E-state index in [2.05, 4.69) is 18.6 Å². The molecule has 0 unspecified atom stereocenters. The van der Waals surface area contributed by atoms with E-state index >= 15 is 0 Å². The molecule has 0 spiro atoms. The van der Waals surface area contributed by atoms with Gasteiger partial charge in [-0.3, -0.25) is 0 Å². The van der Waals surface area contributed by atoms with Gasteiger partial charge in [0.15, 0.2) is 0 Å². The van der Waals surface area contributed by atoms with Gasteiger partial charge < -0.3 is 0 Å². The monoisotopic (exact) mass is 163 g/mol. The number of hydrogen-bond donors (Lipinski definition) is 0. The number of fused-ring (bicyclic) bond motifs is 1. The first-order valence-electron chi connectivity index (χ1n) is 3.65. The lowest BCUT2D eigenvalue weighted by atomic mass is 9.97. The van der Waals surface area contributed by atoms with Gasteiger partial charge in [0, 0.05) is 11.4 Å². The van der Waals surface area contributed by atoms with Crippen LogP contribution in [0.1, 0.15) is 11.1 Å². The van der Waals surface area contributed by atoms with Crippen LogP contribution in [0.3, 0.4) is 0 Å². The molecule has 1 heteroatoms. The first-order valence-corrected chi connectivity index (χ1v) is 4.03. The maximum absolute atomic E-state index is 5.98. The molecule has 0 heterocycles. The van der Waals surface area contributed by atoms with Crippen molar-refractivity contribution in [3.63, 3.8) is 0 Å². The minimum absolute atomic E-state index is 0.854. The van der Waals surface area contributed by atoms with Crippen LogP contribution in [-0.4, -0.2) is 0 Å². The van der Waals surface area contributed by atoms with Crippen molar-refractivity contribution in [3.8, 4) is 0 Å². The lowest BCUT2D eigenvalue weighted by Crippen LogP contribution is -1.95. The smallest absolute Gasteiger partial charge is 0.0447 e. The maximum atomic E-state index is 5.98. The first kappa shape index (κ1) is 6.93. The average Bonchev–Trinajstić information content (AvgIpc) is 2.06. The summed E-state index contributed by atoms with van der Waals surface area (Å²) < 4.78 is 0. The molecule has 0 atom stereocenters. The lowest BCUT2D eigenvalue weighted by molar-refractivity contribution is 1.19. The Morgan fingerprint density at radius 2 is 2.18 bits per heavy atom. The number of benzene rings is 1. The summed E-state index contributed by atoms with van der Waals surface area (Å²) in [5.74, 6) is 0. The molecule has 1 aromatic rings. The SMILES string of the molecule is Clc1cccc2c1[CH]C=CC2. The van der Waals surface area contributed by atoms with Gasteiger partial charge in [0.25, 0.3) is 0 Å². The lowest BCUT2D eigenvalue weighted by Gasteiger charge is -2.10. The fourth-order valence-electron chi connectivity index (χ4n) is 1.31. The van der Waals surface area contributed by atoms with Crippen LogP contribution in [0.25, 0.3) is 0 Å². The van der Waals surface area contributed by atoms with Gasteiger partial charge in [0.2, 0.25) is 0 Å². The third-order valence-corrected chi connectivity index (χ3v) is 2.21. The first-order chi connectivity index (χ1) is 5.38. The Hall–Kier alpha value is -0.750. The van der Waals surface area contributed by atoms with Gasteiger partial charge in [0.1, 0.15) is 0 Å². The molecule has 1 aliphatic rings. The van der Waals surface area contributed by atoms with E-state index in [0.29, 0.717) is 0 Å². The van der Waals surface area contributed by atoms with Crippen molar-refractivity contribution in [2.24, 2.45) is 0 Å². The van der Waals surface area contributed by atoms with Crippen LogP contribution in [0.4, 0.5) is 0 Å². The Morgan fingerprint density at radius 3 is 3.00 bits per heavy atom. The number of allylic oxidation sites excluding steroid dienone is 2. The molecule has 0 aromatic heterocycles. The van der Waals surface area contributed by atoms with E-state index in [-0.39, 0.29) is 0 Å². The molecule has 0 saturated carbocycles. The zero-order valence-electron chi connectivity index (χ0n) is 6.05.